The third-order valence-corrected chi connectivity index (χ3v) is 4.04. The number of pyridine rings is 1. The molecule has 104 valence electrons. The summed E-state index contributed by atoms with van der Waals surface area (Å²) < 4.78 is 5.22. The molecular weight excluding hydrogens is 262 g/mol. The molecule has 2 unspecified atom stereocenters. The van der Waals surface area contributed by atoms with Gasteiger partial charge in [0.1, 0.15) is 0 Å². The third-order valence-electron chi connectivity index (χ3n) is 4.04. The van der Waals surface area contributed by atoms with Gasteiger partial charge in [-0.25, -0.2) is 0 Å². The lowest BCUT2D eigenvalue weighted by atomic mass is 10.0. The van der Waals surface area contributed by atoms with Gasteiger partial charge in [-0.2, -0.15) is 0 Å². The highest BCUT2D eigenvalue weighted by Gasteiger charge is 2.43. The smallest absolute Gasteiger partial charge is 0.231 e. The first kappa shape index (κ1) is 12.1. The Balaban J connectivity index is 1.69. The molecule has 1 aromatic carbocycles. The minimum Gasteiger partial charge on any atom is -0.367 e. The molecule has 2 atom stereocenters. The fourth-order valence-corrected chi connectivity index (χ4v) is 2.90. The van der Waals surface area contributed by atoms with Crippen molar-refractivity contribution in [2.45, 2.75) is 18.3 Å². The number of anilines is 1. The van der Waals surface area contributed by atoms with Crippen molar-refractivity contribution >= 4 is 5.88 Å². The van der Waals surface area contributed by atoms with E-state index in [9.17, 15) is 0 Å². The van der Waals surface area contributed by atoms with Crippen LogP contribution in [0.4, 0.5) is 5.88 Å². The minimum atomic E-state index is 0.349. The molecule has 0 saturated heterocycles. The summed E-state index contributed by atoms with van der Waals surface area (Å²) in [6, 6.07) is 16.3. The Hall–Kier alpha value is -2.62. The maximum absolute atomic E-state index is 5.95. The largest absolute Gasteiger partial charge is 0.367 e. The van der Waals surface area contributed by atoms with Crippen LogP contribution in [-0.2, 0) is 0 Å². The van der Waals surface area contributed by atoms with E-state index in [2.05, 4.69) is 34.4 Å². The number of rotatable bonds is 3. The zero-order valence-corrected chi connectivity index (χ0v) is 11.4. The summed E-state index contributed by atoms with van der Waals surface area (Å²) in [6.45, 7) is 0. The first-order valence-electron chi connectivity index (χ1n) is 7.06. The van der Waals surface area contributed by atoms with Gasteiger partial charge in [0, 0.05) is 12.1 Å². The van der Waals surface area contributed by atoms with Crippen LogP contribution in [0.5, 0.6) is 0 Å². The standard InChI is InChI=1S/C17H15N3O/c18-17-15(14-8-4-5-9-19-14)16(20-21-17)13-10-12(13)11-6-2-1-3-7-11/h1-9,12-13H,10,18H2. The molecule has 1 fully saturated rings. The monoisotopic (exact) mass is 277 g/mol. The lowest BCUT2D eigenvalue weighted by Crippen LogP contribution is -1.92. The molecule has 1 saturated carbocycles. The number of nitrogens with zero attached hydrogens (tertiary/aromatic N) is 2. The molecule has 0 aliphatic heterocycles. The van der Waals surface area contributed by atoms with E-state index in [0.717, 1.165) is 23.4 Å². The van der Waals surface area contributed by atoms with Gasteiger partial charge in [-0.1, -0.05) is 41.6 Å². The normalized spacial score (nSPS) is 20.4. The molecule has 0 bridgehead atoms. The average molecular weight is 277 g/mol. The van der Waals surface area contributed by atoms with Crippen LogP contribution in [-0.4, -0.2) is 10.1 Å². The number of hydrogen-bond acceptors (Lipinski definition) is 4. The minimum absolute atomic E-state index is 0.349. The van der Waals surface area contributed by atoms with Crippen LogP contribution in [0.1, 0.15) is 29.5 Å². The van der Waals surface area contributed by atoms with Gasteiger partial charge < -0.3 is 10.3 Å². The second kappa shape index (κ2) is 4.74. The fourth-order valence-electron chi connectivity index (χ4n) is 2.90. The summed E-state index contributed by atoms with van der Waals surface area (Å²) >= 11 is 0. The van der Waals surface area contributed by atoms with Gasteiger partial charge in [0.05, 0.1) is 17.0 Å². The molecule has 0 amide bonds. The highest BCUT2D eigenvalue weighted by atomic mass is 16.5. The molecule has 0 radical (unpaired) electrons. The van der Waals surface area contributed by atoms with Gasteiger partial charge in [0.15, 0.2) is 0 Å². The van der Waals surface area contributed by atoms with Gasteiger partial charge in [-0.05, 0) is 30.0 Å². The van der Waals surface area contributed by atoms with Crippen molar-refractivity contribution in [3.8, 4) is 11.3 Å². The van der Waals surface area contributed by atoms with Crippen molar-refractivity contribution in [1.82, 2.24) is 10.1 Å². The topological polar surface area (TPSA) is 64.9 Å². The van der Waals surface area contributed by atoms with Crippen LogP contribution in [0, 0.1) is 0 Å². The van der Waals surface area contributed by atoms with E-state index in [1.807, 2.05) is 24.3 Å². The first-order valence-corrected chi connectivity index (χ1v) is 7.06. The van der Waals surface area contributed by atoms with Gasteiger partial charge >= 0.3 is 0 Å². The molecule has 1 aliphatic rings. The number of hydrogen-bond donors (Lipinski definition) is 1. The van der Waals surface area contributed by atoms with Gasteiger partial charge in [0.2, 0.25) is 5.88 Å². The molecular formula is C17H15N3O. The van der Waals surface area contributed by atoms with Crippen LogP contribution in [0.3, 0.4) is 0 Å². The molecule has 4 heteroatoms. The Bertz CT molecular complexity index is 752. The van der Waals surface area contributed by atoms with Crippen molar-refractivity contribution < 1.29 is 4.52 Å². The lowest BCUT2D eigenvalue weighted by Gasteiger charge is -2.01. The summed E-state index contributed by atoms with van der Waals surface area (Å²) in [5.74, 6) is 1.21. The third kappa shape index (κ3) is 2.09. The van der Waals surface area contributed by atoms with E-state index in [0.29, 0.717) is 17.7 Å². The Labute approximate surface area is 122 Å². The fraction of sp³-hybridized carbons (Fsp3) is 0.176. The Morgan fingerprint density at radius 3 is 2.57 bits per heavy atom. The summed E-state index contributed by atoms with van der Waals surface area (Å²) in [6.07, 6.45) is 2.84. The van der Waals surface area contributed by atoms with Crippen molar-refractivity contribution in [2.75, 3.05) is 5.73 Å². The SMILES string of the molecule is Nc1onc(C2CC2c2ccccc2)c1-c1ccccn1. The van der Waals surface area contributed by atoms with Crippen molar-refractivity contribution in [1.29, 1.82) is 0 Å². The molecule has 3 aromatic rings. The quantitative estimate of drug-likeness (QED) is 0.794. The van der Waals surface area contributed by atoms with Crippen LogP contribution in [0.25, 0.3) is 11.3 Å². The van der Waals surface area contributed by atoms with Crippen molar-refractivity contribution in [2.24, 2.45) is 0 Å². The number of benzene rings is 1. The number of aromatic nitrogens is 2. The molecule has 21 heavy (non-hydrogen) atoms. The van der Waals surface area contributed by atoms with E-state index < -0.39 is 0 Å². The molecule has 0 spiro atoms. The summed E-state index contributed by atoms with van der Waals surface area (Å²) in [5.41, 5.74) is 9.90. The lowest BCUT2D eigenvalue weighted by molar-refractivity contribution is 0.427. The van der Waals surface area contributed by atoms with Gasteiger partial charge in [-0.15, -0.1) is 0 Å². The van der Waals surface area contributed by atoms with Crippen molar-refractivity contribution in [3.05, 3.63) is 66.0 Å². The van der Waals surface area contributed by atoms with E-state index in [-0.39, 0.29) is 0 Å². The highest BCUT2D eigenvalue weighted by molar-refractivity contribution is 5.73. The molecule has 2 heterocycles. The molecule has 2 N–H and O–H groups in total. The molecule has 4 rings (SSSR count). The van der Waals surface area contributed by atoms with Crippen LogP contribution in [0.2, 0.25) is 0 Å². The molecule has 2 aromatic heterocycles. The predicted molar refractivity (Wildman–Crippen MR) is 80.7 cm³/mol. The predicted octanol–water partition coefficient (Wildman–Crippen LogP) is 3.59. The Kier molecular flexibility index (Phi) is 2.74. The zero-order chi connectivity index (χ0) is 14.2. The summed E-state index contributed by atoms with van der Waals surface area (Å²) in [4.78, 5) is 4.37. The number of nitrogens with two attached hydrogens (primary N) is 1. The first-order chi connectivity index (χ1) is 10.3. The van der Waals surface area contributed by atoms with Gasteiger partial charge in [0.25, 0.3) is 0 Å². The average Bonchev–Trinajstić information content (AvgIpc) is 3.25. The Morgan fingerprint density at radius 2 is 1.81 bits per heavy atom. The maximum atomic E-state index is 5.95. The van der Waals surface area contributed by atoms with E-state index in [1.54, 1.807) is 6.20 Å². The van der Waals surface area contributed by atoms with Crippen LogP contribution in [0.15, 0.2) is 59.3 Å². The van der Waals surface area contributed by atoms with E-state index in [4.69, 9.17) is 10.3 Å². The van der Waals surface area contributed by atoms with Crippen LogP contribution >= 0.6 is 0 Å². The van der Waals surface area contributed by atoms with Gasteiger partial charge in [-0.3, -0.25) is 4.98 Å². The maximum Gasteiger partial charge on any atom is 0.231 e. The summed E-state index contributed by atoms with van der Waals surface area (Å²) in [5, 5.41) is 4.19. The second-order valence-electron chi connectivity index (χ2n) is 5.38. The van der Waals surface area contributed by atoms with Crippen molar-refractivity contribution in [3.63, 3.8) is 0 Å². The zero-order valence-electron chi connectivity index (χ0n) is 11.4. The van der Waals surface area contributed by atoms with Crippen LogP contribution < -0.4 is 5.73 Å². The van der Waals surface area contributed by atoms with E-state index >= 15 is 0 Å². The highest BCUT2D eigenvalue weighted by Crippen LogP contribution is 2.56. The Morgan fingerprint density at radius 1 is 1.00 bits per heavy atom. The molecule has 1 aliphatic carbocycles. The molecule has 4 nitrogen and oxygen atoms in total. The second-order valence-corrected chi connectivity index (χ2v) is 5.38. The summed E-state index contributed by atoms with van der Waals surface area (Å²) in [7, 11) is 0. The van der Waals surface area contributed by atoms with E-state index in [1.165, 1.54) is 5.56 Å². The number of nitrogen functional groups attached to an aromatic ring is 1.